The number of carboxylic acids is 1. The van der Waals surface area contributed by atoms with E-state index in [4.69, 9.17) is 5.11 Å². The van der Waals surface area contributed by atoms with Crippen molar-refractivity contribution < 1.29 is 9.90 Å². The fraction of sp³-hybridized carbons (Fsp3) is 0.500. The third-order valence-electron chi connectivity index (χ3n) is 2.53. The Kier molecular flexibility index (Phi) is 2.80. The van der Waals surface area contributed by atoms with E-state index in [1.165, 1.54) is 6.33 Å². The third kappa shape index (κ3) is 2.23. The molecule has 0 saturated heterocycles. The van der Waals surface area contributed by atoms with Gasteiger partial charge in [0.1, 0.15) is 18.7 Å². The number of anilines is 1. The number of hydrogen-bond donors (Lipinski definition) is 2. The van der Waals surface area contributed by atoms with Crippen molar-refractivity contribution in [2.24, 2.45) is 0 Å². The molecule has 0 unspecified atom stereocenters. The molecule has 0 aliphatic heterocycles. The Balaban J connectivity index is 2.19. The first-order valence-electron chi connectivity index (χ1n) is 5.06. The summed E-state index contributed by atoms with van der Waals surface area (Å²) < 4.78 is 0. The smallest absolute Gasteiger partial charge is 0.322 e. The second kappa shape index (κ2) is 4.25. The minimum Gasteiger partial charge on any atom is -0.480 e. The van der Waals surface area contributed by atoms with Crippen LogP contribution in [0.3, 0.4) is 0 Å². The van der Waals surface area contributed by atoms with E-state index in [1.807, 2.05) is 0 Å². The highest BCUT2D eigenvalue weighted by Crippen LogP contribution is 2.23. The third-order valence-corrected chi connectivity index (χ3v) is 2.53. The van der Waals surface area contributed by atoms with Crippen molar-refractivity contribution in [1.29, 1.82) is 0 Å². The van der Waals surface area contributed by atoms with Crippen molar-refractivity contribution in [1.82, 2.24) is 9.97 Å². The molecule has 0 saturated carbocycles. The molecule has 0 aromatic carbocycles. The van der Waals surface area contributed by atoms with E-state index in [-0.39, 0.29) is 6.54 Å². The van der Waals surface area contributed by atoms with Crippen LogP contribution >= 0.6 is 0 Å². The minimum absolute atomic E-state index is 0.0938. The monoisotopic (exact) mass is 207 g/mol. The summed E-state index contributed by atoms with van der Waals surface area (Å²) in [5, 5.41) is 11.4. The number of aliphatic carboxylic acids is 1. The number of aromatic nitrogens is 2. The molecule has 0 atom stereocenters. The Morgan fingerprint density at radius 3 is 3.00 bits per heavy atom. The number of nitrogens with zero attached hydrogens (tertiary/aromatic N) is 2. The number of nitrogens with one attached hydrogen (secondary N) is 1. The van der Waals surface area contributed by atoms with Crippen molar-refractivity contribution >= 4 is 11.8 Å². The molecular weight excluding hydrogens is 194 g/mol. The van der Waals surface area contributed by atoms with Crippen LogP contribution < -0.4 is 5.32 Å². The fourth-order valence-corrected chi connectivity index (χ4v) is 1.83. The van der Waals surface area contributed by atoms with Crippen LogP contribution in [0.1, 0.15) is 24.1 Å². The number of hydrogen-bond acceptors (Lipinski definition) is 4. The molecule has 15 heavy (non-hydrogen) atoms. The molecule has 80 valence electrons. The fourth-order valence-electron chi connectivity index (χ4n) is 1.83. The summed E-state index contributed by atoms with van der Waals surface area (Å²) in [4.78, 5) is 18.7. The van der Waals surface area contributed by atoms with Crippen molar-refractivity contribution in [3.05, 3.63) is 17.6 Å². The van der Waals surface area contributed by atoms with Gasteiger partial charge in [-0.05, 0) is 25.7 Å². The van der Waals surface area contributed by atoms with Gasteiger partial charge in [0.05, 0.1) is 0 Å². The summed E-state index contributed by atoms with van der Waals surface area (Å²) in [6, 6.07) is 0. The van der Waals surface area contributed by atoms with E-state index < -0.39 is 5.97 Å². The van der Waals surface area contributed by atoms with E-state index >= 15 is 0 Å². The summed E-state index contributed by atoms with van der Waals surface area (Å²) in [6.07, 6.45) is 5.69. The molecule has 1 aliphatic carbocycles. The second-order valence-electron chi connectivity index (χ2n) is 3.60. The molecule has 0 fully saturated rings. The number of carbonyl (C=O) groups is 1. The summed E-state index contributed by atoms with van der Waals surface area (Å²) in [5.41, 5.74) is 2.15. The Morgan fingerprint density at radius 2 is 2.20 bits per heavy atom. The number of carboxylic acid groups (broad SMARTS) is 1. The maximum atomic E-state index is 10.4. The molecule has 1 aromatic rings. The average molecular weight is 207 g/mol. The van der Waals surface area contributed by atoms with Gasteiger partial charge in [-0.3, -0.25) is 4.79 Å². The normalized spacial score (nSPS) is 14.4. The van der Waals surface area contributed by atoms with Gasteiger partial charge < -0.3 is 10.4 Å². The predicted molar refractivity (Wildman–Crippen MR) is 54.8 cm³/mol. The summed E-state index contributed by atoms with van der Waals surface area (Å²) >= 11 is 0. The average Bonchev–Trinajstić information content (AvgIpc) is 2.26. The quantitative estimate of drug-likeness (QED) is 0.768. The van der Waals surface area contributed by atoms with Gasteiger partial charge in [-0.15, -0.1) is 0 Å². The summed E-state index contributed by atoms with van der Waals surface area (Å²) in [6.45, 7) is -0.0938. The number of fused-ring (bicyclic) bond motifs is 1. The molecule has 0 amide bonds. The molecule has 5 nitrogen and oxygen atoms in total. The van der Waals surface area contributed by atoms with Crippen LogP contribution in [0.25, 0.3) is 0 Å². The first-order valence-corrected chi connectivity index (χ1v) is 5.06. The molecule has 1 aromatic heterocycles. The lowest BCUT2D eigenvalue weighted by atomic mass is 9.96. The van der Waals surface area contributed by atoms with Crippen LogP contribution in [0.4, 0.5) is 5.82 Å². The van der Waals surface area contributed by atoms with Gasteiger partial charge in [0.15, 0.2) is 0 Å². The van der Waals surface area contributed by atoms with Gasteiger partial charge in [-0.25, -0.2) is 9.97 Å². The van der Waals surface area contributed by atoms with Gasteiger partial charge in [0, 0.05) is 11.3 Å². The van der Waals surface area contributed by atoms with Crippen molar-refractivity contribution in [3.8, 4) is 0 Å². The van der Waals surface area contributed by atoms with Gasteiger partial charge in [0.2, 0.25) is 0 Å². The Labute approximate surface area is 87.6 Å². The summed E-state index contributed by atoms with van der Waals surface area (Å²) in [5.74, 6) is -0.194. The van der Waals surface area contributed by atoms with Crippen molar-refractivity contribution in [3.63, 3.8) is 0 Å². The largest absolute Gasteiger partial charge is 0.480 e. The molecule has 2 N–H and O–H groups in total. The Bertz CT molecular complexity index is 379. The lowest BCUT2D eigenvalue weighted by Crippen LogP contribution is -2.17. The molecule has 1 aliphatic rings. The number of aryl methyl sites for hydroxylation is 1. The van der Waals surface area contributed by atoms with E-state index in [2.05, 4.69) is 15.3 Å². The first kappa shape index (κ1) is 9.89. The zero-order chi connectivity index (χ0) is 10.7. The van der Waals surface area contributed by atoms with Gasteiger partial charge in [0.25, 0.3) is 0 Å². The molecule has 0 radical (unpaired) electrons. The second-order valence-corrected chi connectivity index (χ2v) is 3.60. The molecule has 5 heteroatoms. The Morgan fingerprint density at radius 1 is 1.40 bits per heavy atom. The summed E-state index contributed by atoms with van der Waals surface area (Å²) in [7, 11) is 0. The zero-order valence-corrected chi connectivity index (χ0v) is 8.36. The molecule has 0 bridgehead atoms. The minimum atomic E-state index is -0.877. The van der Waals surface area contributed by atoms with Crippen LogP contribution in [0, 0.1) is 0 Å². The first-order chi connectivity index (χ1) is 7.27. The topological polar surface area (TPSA) is 75.1 Å². The SMILES string of the molecule is O=C(O)CNc1ncnc2c1CCCC2. The van der Waals surface area contributed by atoms with Crippen LogP contribution in [-0.4, -0.2) is 27.6 Å². The van der Waals surface area contributed by atoms with Crippen LogP contribution in [0.5, 0.6) is 0 Å². The highest BCUT2D eigenvalue weighted by Gasteiger charge is 2.15. The molecule has 0 spiro atoms. The van der Waals surface area contributed by atoms with Gasteiger partial charge >= 0.3 is 5.97 Å². The highest BCUT2D eigenvalue weighted by atomic mass is 16.4. The van der Waals surface area contributed by atoms with E-state index in [0.717, 1.165) is 36.9 Å². The maximum Gasteiger partial charge on any atom is 0.322 e. The lowest BCUT2D eigenvalue weighted by Gasteiger charge is -2.17. The van der Waals surface area contributed by atoms with Crippen LogP contribution in [0.15, 0.2) is 6.33 Å². The van der Waals surface area contributed by atoms with Gasteiger partial charge in [-0.2, -0.15) is 0 Å². The molecular formula is C10H13N3O2. The maximum absolute atomic E-state index is 10.4. The lowest BCUT2D eigenvalue weighted by molar-refractivity contribution is -0.134. The Hall–Kier alpha value is -1.65. The van der Waals surface area contributed by atoms with Gasteiger partial charge in [-0.1, -0.05) is 0 Å². The van der Waals surface area contributed by atoms with Crippen molar-refractivity contribution in [2.75, 3.05) is 11.9 Å². The predicted octanol–water partition coefficient (Wildman–Crippen LogP) is 0.852. The van der Waals surface area contributed by atoms with Crippen molar-refractivity contribution in [2.45, 2.75) is 25.7 Å². The van der Waals surface area contributed by atoms with Crippen LogP contribution in [-0.2, 0) is 17.6 Å². The van der Waals surface area contributed by atoms with E-state index in [1.54, 1.807) is 0 Å². The van der Waals surface area contributed by atoms with Crippen LogP contribution in [0.2, 0.25) is 0 Å². The highest BCUT2D eigenvalue weighted by molar-refractivity contribution is 5.72. The van der Waals surface area contributed by atoms with E-state index in [9.17, 15) is 4.79 Å². The standard InChI is InChI=1S/C10H13N3O2/c14-9(15)5-11-10-7-3-1-2-4-8(7)12-6-13-10/h6H,1-5H2,(H,14,15)(H,11,12,13). The zero-order valence-electron chi connectivity index (χ0n) is 8.36. The molecule has 2 rings (SSSR count). The van der Waals surface area contributed by atoms with E-state index in [0.29, 0.717) is 5.82 Å². The number of rotatable bonds is 3. The molecule has 1 heterocycles.